The van der Waals surface area contributed by atoms with Crippen molar-refractivity contribution < 1.29 is 13.9 Å². The number of amides is 1. The Kier molecular flexibility index (Phi) is 9.26. The minimum atomic E-state index is -0.331. The van der Waals surface area contributed by atoms with Crippen LogP contribution in [0.5, 0.6) is 5.75 Å². The van der Waals surface area contributed by atoms with Gasteiger partial charge in [-0.2, -0.15) is 0 Å². The summed E-state index contributed by atoms with van der Waals surface area (Å²) in [4.78, 5) is 20.5. The third-order valence-corrected chi connectivity index (χ3v) is 9.21. The highest BCUT2D eigenvalue weighted by Crippen LogP contribution is 2.41. The van der Waals surface area contributed by atoms with Crippen molar-refractivity contribution in [3.63, 3.8) is 0 Å². The molecule has 0 saturated carbocycles. The lowest BCUT2D eigenvalue weighted by Gasteiger charge is -2.16. The Labute approximate surface area is 268 Å². The van der Waals surface area contributed by atoms with Crippen LogP contribution in [-0.2, 0) is 11.4 Å². The van der Waals surface area contributed by atoms with Gasteiger partial charge in [0.1, 0.15) is 18.2 Å². The maximum Gasteiger partial charge on any atom is 0.271 e. The van der Waals surface area contributed by atoms with Gasteiger partial charge in [-0.3, -0.25) is 9.69 Å². The van der Waals surface area contributed by atoms with Crippen molar-refractivity contribution in [2.24, 2.45) is 4.99 Å². The normalized spacial score (nSPS) is 15.3. The van der Waals surface area contributed by atoms with E-state index < -0.39 is 0 Å². The summed E-state index contributed by atoms with van der Waals surface area (Å²) in [5.74, 6) is -0.0445. The quantitative estimate of drug-likeness (QED) is 0.185. The van der Waals surface area contributed by atoms with E-state index in [1.807, 2.05) is 50.2 Å². The van der Waals surface area contributed by atoms with Gasteiger partial charge in [0.2, 0.25) is 0 Å². The van der Waals surface area contributed by atoms with Crippen molar-refractivity contribution in [3.05, 3.63) is 125 Å². The van der Waals surface area contributed by atoms with Crippen LogP contribution in [0.15, 0.2) is 91.6 Å². The van der Waals surface area contributed by atoms with Crippen molar-refractivity contribution in [2.45, 2.75) is 20.5 Å². The Morgan fingerprint density at radius 3 is 2.27 bits per heavy atom. The topological polar surface area (TPSA) is 41.9 Å². The molecule has 10 heteroatoms. The molecule has 1 saturated heterocycles. The van der Waals surface area contributed by atoms with E-state index in [1.54, 1.807) is 41.3 Å². The SMILES string of the molecule is Cc1ccc(N=C2S/C(=C/c3cc(Br)c(OCc4ccccc4F)c(Br)c3)C(=O)N2c2ccc(C)c(Cl)c2)cc1Cl. The molecule has 208 valence electrons. The lowest BCUT2D eigenvalue weighted by molar-refractivity contribution is -0.113. The van der Waals surface area contributed by atoms with Gasteiger partial charge >= 0.3 is 0 Å². The largest absolute Gasteiger partial charge is 0.486 e. The molecular formula is C31H21Br2Cl2FN2O2S. The zero-order valence-electron chi connectivity index (χ0n) is 21.7. The lowest BCUT2D eigenvalue weighted by Crippen LogP contribution is -2.28. The molecular weight excluding hydrogens is 714 g/mol. The van der Waals surface area contributed by atoms with Crippen LogP contribution < -0.4 is 9.64 Å². The summed E-state index contributed by atoms with van der Waals surface area (Å²) < 4.78 is 21.2. The third-order valence-electron chi connectivity index (χ3n) is 6.25. The van der Waals surface area contributed by atoms with Gasteiger partial charge in [-0.25, -0.2) is 9.38 Å². The van der Waals surface area contributed by atoms with E-state index in [4.69, 9.17) is 32.9 Å². The molecule has 4 nitrogen and oxygen atoms in total. The number of halogens is 5. The molecule has 1 fully saturated rings. The van der Waals surface area contributed by atoms with E-state index in [0.717, 1.165) is 16.7 Å². The number of benzene rings is 4. The van der Waals surface area contributed by atoms with Gasteiger partial charge in [0.05, 0.1) is 25.2 Å². The molecule has 0 aromatic heterocycles. The predicted octanol–water partition coefficient (Wildman–Crippen LogP) is 10.7. The number of amidine groups is 1. The number of ether oxygens (including phenoxy) is 1. The molecule has 0 spiro atoms. The maximum atomic E-state index is 14.1. The van der Waals surface area contributed by atoms with Crippen molar-refractivity contribution in [1.82, 2.24) is 0 Å². The van der Waals surface area contributed by atoms with E-state index in [-0.39, 0.29) is 18.3 Å². The molecule has 0 atom stereocenters. The third kappa shape index (κ3) is 6.73. The van der Waals surface area contributed by atoms with E-state index in [9.17, 15) is 9.18 Å². The summed E-state index contributed by atoms with van der Waals surface area (Å²) >= 11 is 21.1. The Morgan fingerprint density at radius 2 is 1.61 bits per heavy atom. The molecule has 5 rings (SSSR count). The average Bonchev–Trinajstić information content (AvgIpc) is 3.22. The number of carbonyl (C=O) groups is 1. The molecule has 0 aliphatic carbocycles. The molecule has 1 heterocycles. The van der Waals surface area contributed by atoms with Crippen LogP contribution in [0.3, 0.4) is 0 Å². The van der Waals surface area contributed by atoms with E-state index in [0.29, 0.717) is 51.8 Å². The molecule has 4 aromatic rings. The van der Waals surface area contributed by atoms with Crippen molar-refractivity contribution >= 4 is 95.3 Å². The Morgan fingerprint density at radius 1 is 0.951 bits per heavy atom. The van der Waals surface area contributed by atoms with Gasteiger partial charge < -0.3 is 4.74 Å². The zero-order valence-corrected chi connectivity index (χ0v) is 27.2. The van der Waals surface area contributed by atoms with Crippen LogP contribution in [0.1, 0.15) is 22.3 Å². The van der Waals surface area contributed by atoms with Crippen molar-refractivity contribution in [2.75, 3.05) is 4.90 Å². The number of hydrogen-bond donors (Lipinski definition) is 0. The number of nitrogens with zero attached hydrogens (tertiary/aromatic N) is 2. The summed E-state index contributed by atoms with van der Waals surface area (Å²) in [6.07, 6.45) is 1.79. The Balaban J connectivity index is 1.48. The molecule has 41 heavy (non-hydrogen) atoms. The second kappa shape index (κ2) is 12.7. The van der Waals surface area contributed by atoms with E-state index >= 15 is 0 Å². The molecule has 0 unspecified atom stereocenters. The highest BCUT2D eigenvalue weighted by molar-refractivity contribution is 9.11. The van der Waals surface area contributed by atoms with Crippen LogP contribution in [-0.4, -0.2) is 11.1 Å². The summed E-state index contributed by atoms with van der Waals surface area (Å²) in [5, 5.41) is 1.62. The van der Waals surface area contributed by atoms with Crippen LogP contribution in [0.4, 0.5) is 15.8 Å². The van der Waals surface area contributed by atoms with E-state index in [1.165, 1.54) is 17.8 Å². The standard InChI is InChI=1S/C31H21Br2Cl2FN2O2S/c1-17-7-9-21(14-25(17)34)37-31-38(22-10-8-18(2)26(35)15-22)30(39)28(41-31)13-19-11-23(32)29(24(33)12-19)40-16-20-5-3-4-6-27(20)36/h3-15H,16H2,1-2H3/b28-13+,37-31?. The van der Waals surface area contributed by atoms with Crippen LogP contribution >= 0.6 is 66.8 Å². The van der Waals surface area contributed by atoms with Gasteiger partial charge in [-0.05, 0) is 123 Å². The first-order valence-corrected chi connectivity index (χ1v) is 15.5. The first kappa shape index (κ1) is 29.9. The van der Waals surface area contributed by atoms with Gasteiger partial charge in [0.25, 0.3) is 5.91 Å². The predicted molar refractivity (Wildman–Crippen MR) is 175 cm³/mol. The number of aliphatic imine (C=N–C) groups is 1. The molecule has 0 bridgehead atoms. The number of hydrogen-bond acceptors (Lipinski definition) is 4. The van der Waals surface area contributed by atoms with Crippen LogP contribution in [0.2, 0.25) is 10.0 Å². The smallest absolute Gasteiger partial charge is 0.271 e. The summed E-state index contributed by atoms with van der Waals surface area (Å²) in [7, 11) is 0. The Bertz CT molecular complexity index is 1720. The van der Waals surface area contributed by atoms with Gasteiger partial charge in [0.15, 0.2) is 5.17 Å². The maximum absolute atomic E-state index is 14.1. The van der Waals surface area contributed by atoms with Gasteiger partial charge in [-0.15, -0.1) is 0 Å². The highest BCUT2D eigenvalue weighted by Gasteiger charge is 2.35. The first-order chi connectivity index (χ1) is 19.6. The molecule has 4 aromatic carbocycles. The van der Waals surface area contributed by atoms with Crippen LogP contribution in [0.25, 0.3) is 6.08 Å². The van der Waals surface area contributed by atoms with Gasteiger partial charge in [-0.1, -0.05) is 53.5 Å². The Hall–Kier alpha value is -2.62. The molecule has 1 amide bonds. The number of rotatable bonds is 6. The second-order valence-corrected chi connectivity index (χ2v) is 12.7. The molecule has 0 radical (unpaired) electrons. The fourth-order valence-electron chi connectivity index (χ4n) is 3.98. The zero-order chi connectivity index (χ0) is 29.3. The fourth-order valence-corrected chi connectivity index (χ4v) is 6.78. The molecule has 0 N–H and O–H groups in total. The summed E-state index contributed by atoms with van der Waals surface area (Å²) in [5.41, 5.74) is 4.27. The van der Waals surface area contributed by atoms with Crippen LogP contribution in [0, 0.1) is 19.7 Å². The molecule has 1 aliphatic rings. The van der Waals surface area contributed by atoms with Gasteiger partial charge in [0, 0.05) is 15.6 Å². The highest BCUT2D eigenvalue weighted by atomic mass is 79.9. The summed E-state index contributed by atoms with van der Waals surface area (Å²) in [6.45, 7) is 3.89. The minimum absolute atomic E-state index is 0.0650. The average molecular weight is 735 g/mol. The first-order valence-electron chi connectivity index (χ1n) is 12.3. The summed E-state index contributed by atoms with van der Waals surface area (Å²) in [6, 6.07) is 21.1. The number of anilines is 1. The lowest BCUT2D eigenvalue weighted by atomic mass is 10.2. The number of carbonyl (C=O) groups excluding carboxylic acids is 1. The van der Waals surface area contributed by atoms with E-state index in [2.05, 4.69) is 31.9 Å². The second-order valence-electron chi connectivity index (χ2n) is 9.21. The minimum Gasteiger partial charge on any atom is -0.486 e. The monoisotopic (exact) mass is 732 g/mol. The van der Waals surface area contributed by atoms with Crippen molar-refractivity contribution in [1.29, 1.82) is 0 Å². The number of thioether (sulfide) groups is 1. The van der Waals surface area contributed by atoms with Crippen molar-refractivity contribution in [3.8, 4) is 5.75 Å². The molecule has 1 aliphatic heterocycles. The number of aryl methyl sites for hydroxylation is 2. The fraction of sp³-hybridized carbons (Fsp3) is 0.0968.